The van der Waals surface area contributed by atoms with Crippen LogP contribution in [0, 0.1) is 5.92 Å². The average molecular weight is 265 g/mol. The van der Waals surface area contributed by atoms with Crippen molar-refractivity contribution in [3.8, 4) is 0 Å². The number of nitrogens with zero attached hydrogens (tertiary/aromatic N) is 1. The fourth-order valence-corrected chi connectivity index (χ4v) is 1.66. The highest BCUT2D eigenvalue weighted by Crippen LogP contribution is 2.07. The number of nitrogens with one attached hydrogen (secondary N) is 1. The van der Waals surface area contributed by atoms with Crippen molar-refractivity contribution < 1.29 is 9.94 Å². The van der Waals surface area contributed by atoms with Gasteiger partial charge in [0.05, 0.1) is 6.61 Å². The maximum absolute atomic E-state index is 8.73. The van der Waals surface area contributed by atoms with Gasteiger partial charge in [-0.05, 0) is 11.5 Å². The number of hydrogen-bond acceptors (Lipinski definition) is 4. The van der Waals surface area contributed by atoms with Crippen LogP contribution in [0.15, 0.2) is 29.4 Å². The molecule has 19 heavy (non-hydrogen) atoms. The largest absolute Gasteiger partial charge is 0.409 e. The lowest BCUT2D eigenvalue weighted by Gasteiger charge is -2.10. The minimum atomic E-state index is 0.133. The minimum absolute atomic E-state index is 0.133. The van der Waals surface area contributed by atoms with E-state index in [4.69, 9.17) is 15.7 Å². The van der Waals surface area contributed by atoms with Gasteiger partial charge in [0.15, 0.2) is 5.84 Å². The summed E-state index contributed by atoms with van der Waals surface area (Å²) in [7, 11) is 0. The lowest BCUT2D eigenvalue weighted by atomic mass is 10.1. The number of nitrogens with two attached hydrogens (primary N) is 1. The molecule has 0 saturated heterocycles. The van der Waals surface area contributed by atoms with Crippen LogP contribution in [0.5, 0.6) is 0 Å². The monoisotopic (exact) mass is 265 g/mol. The SMILES string of the molecule is CC(C)COCCNCc1ccccc1/C(N)=N/O. The number of benzene rings is 1. The second kappa shape index (κ2) is 8.50. The lowest BCUT2D eigenvalue weighted by molar-refractivity contribution is 0.111. The van der Waals surface area contributed by atoms with Crippen molar-refractivity contribution in [3.05, 3.63) is 35.4 Å². The van der Waals surface area contributed by atoms with Crippen molar-refractivity contribution in [2.45, 2.75) is 20.4 Å². The Labute approximate surface area is 114 Å². The van der Waals surface area contributed by atoms with E-state index in [0.717, 1.165) is 24.3 Å². The Bertz CT molecular complexity index is 405. The van der Waals surface area contributed by atoms with E-state index in [1.807, 2.05) is 24.3 Å². The Hall–Kier alpha value is -1.59. The van der Waals surface area contributed by atoms with Gasteiger partial charge in [0.1, 0.15) is 0 Å². The van der Waals surface area contributed by atoms with E-state index in [2.05, 4.69) is 24.3 Å². The van der Waals surface area contributed by atoms with Crippen LogP contribution in [0.4, 0.5) is 0 Å². The molecule has 0 heterocycles. The van der Waals surface area contributed by atoms with E-state index in [-0.39, 0.29) is 5.84 Å². The van der Waals surface area contributed by atoms with Gasteiger partial charge < -0.3 is 21.0 Å². The van der Waals surface area contributed by atoms with Crippen LogP contribution in [0.25, 0.3) is 0 Å². The molecule has 0 bridgehead atoms. The van der Waals surface area contributed by atoms with Gasteiger partial charge in [0, 0.05) is 25.3 Å². The average Bonchev–Trinajstić information content (AvgIpc) is 2.42. The zero-order valence-corrected chi connectivity index (χ0v) is 11.6. The molecular weight excluding hydrogens is 242 g/mol. The highest BCUT2D eigenvalue weighted by Gasteiger charge is 2.05. The molecule has 1 rings (SSSR count). The van der Waals surface area contributed by atoms with Crippen LogP contribution >= 0.6 is 0 Å². The quantitative estimate of drug-likeness (QED) is 0.219. The van der Waals surface area contributed by atoms with E-state index >= 15 is 0 Å². The van der Waals surface area contributed by atoms with Gasteiger partial charge in [-0.25, -0.2) is 0 Å². The van der Waals surface area contributed by atoms with Gasteiger partial charge in [-0.3, -0.25) is 0 Å². The number of amidine groups is 1. The van der Waals surface area contributed by atoms with Gasteiger partial charge in [0.25, 0.3) is 0 Å². The highest BCUT2D eigenvalue weighted by atomic mass is 16.5. The molecule has 0 radical (unpaired) electrons. The molecule has 0 aliphatic rings. The van der Waals surface area contributed by atoms with Gasteiger partial charge in [-0.2, -0.15) is 0 Å². The molecule has 106 valence electrons. The van der Waals surface area contributed by atoms with Crippen molar-refractivity contribution in [1.29, 1.82) is 0 Å². The highest BCUT2D eigenvalue weighted by molar-refractivity contribution is 5.98. The summed E-state index contributed by atoms with van der Waals surface area (Å²) in [6.45, 7) is 7.16. The van der Waals surface area contributed by atoms with Crippen molar-refractivity contribution in [3.63, 3.8) is 0 Å². The van der Waals surface area contributed by atoms with Crippen LogP contribution < -0.4 is 11.1 Å². The van der Waals surface area contributed by atoms with E-state index in [9.17, 15) is 0 Å². The van der Waals surface area contributed by atoms with Gasteiger partial charge in [0.2, 0.25) is 0 Å². The Kier molecular flexibility index (Phi) is 6.92. The first-order valence-corrected chi connectivity index (χ1v) is 6.49. The molecule has 1 aromatic carbocycles. The molecule has 4 N–H and O–H groups in total. The predicted molar refractivity (Wildman–Crippen MR) is 76.3 cm³/mol. The molecule has 1 aromatic rings. The molecule has 0 atom stereocenters. The zero-order chi connectivity index (χ0) is 14.1. The lowest BCUT2D eigenvalue weighted by Crippen LogP contribution is -2.23. The Morgan fingerprint density at radius 3 is 2.84 bits per heavy atom. The van der Waals surface area contributed by atoms with Crippen molar-refractivity contribution >= 4 is 5.84 Å². The molecule has 0 unspecified atom stereocenters. The molecule has 0 saturated carbocycles. The number of rotatable bonds is 8. The smallest absolute Gasteiger partial charge is 0.170 e. The van der Waals surface area contributed by atoms with Gasteiger partial charge in [-0.15, -0.1) is 0 Å². The summed E-state index contributed by atoms with van der Waals surface area (Å²) < 4.78 is 5.48. The van der Waals surface area contributed by atoms with Crippen molar-refractivity contribution in [2.75, 3.05) is 19.8 Å². The van der Waals surface area contributed by atoms with Crippen molar-refractivity contribution in [1.82, 2.24) is 5.32 Å². The zero-order valence-electron chi connectivity index (χ0n) is 11.6. The third-order valence-electron chi connectivity index (χ3n) is 2.59. The van der Waals surface area contributed by atoms with Crippen LogP contribution in [0.2, 0.25) is 0 Å². The summed E-state index contributed by atoms with van der Waals surface area (Å²) in [5.41, 5.74) is 7.38. The van der Waals surface area contributed by atoms with Gasteiger partial charge in [-0.1, -0.05) is 43.3 Å². The van der Waals surface area contributed by atoms with E-state index in [1.54, 1.807) is 0 Å². The minimum Gasteiger partial charge on any atom is -0.409 e. The van der Waals surface area contributed by atoms with Crippen LogP contribution in [-0.2, 0) is 11.3 Å². The summed E-state index contributed by atoms with van der Waals surface area (Å²) in [6.07, 6.45) is 0. The summed E-state index contributed by atoms with van der Waals surface area (Å²) in [4.78, 5) is 0. The third-order valence-corrected chi connectivity index (χ3v) is 2.59. The molecule has 0 amide bonds. The fourth-order valence-electron chi connectivity index (χ4n) is 1.66. The summed E-state index contributed by atoms with van der Waals surface area (Å²) in [5.74, 6) is 0.690. The summed E-state index contributed by atoms with van der Waals surface area (Å²) in [6, 6.07) is 7.58. The molecule has 5 nitrogen and oxygen atoms in total. The third kappa shape index (κ3) is 5.72. The Morgan fingerprint density at radius 2 is 2.16 bits per heavy atom. The topological polar surface area (TPSA) is 79.9 Å². The van der Waals surface area contributed by atoms with E-state index in [1.165, 1.54) is 0 Å². The molecule has 5 heteroatoms. The molecule has 0 aliphatic carbocycles. The number of hydrogen-bond donors (Lipinski definition) is 3. The van der Waals surface area contributed by atoms with Crippen LogP contribution in [-0.4, -0.2) is 30.8 Å². The van der Waals surface area contributed by atoms with Crippen LogP contribution in [0.1, 0.15) is 25.0 Å². The first kappa shape index (κ1) is 15.5. The predicted octanol–water partition coefficient (Wildman–Crippen LogP) is 1.54. The molecule has 0 aromatic heterocycles. The molecule has 0 spiro atoms. The summed E-state index contributed by atoms with van der Waals surface area (Å²) in [5, 5.41) is 15.0. The first-order chi connectivity index (χ1) is 9.15. The molecule has 0 fully saturated rings. The Balaban J connectivity index is 2.37. The maximum Gasteiger partial charge on any atom is 0.170 e. The standard InChI is InChI=1S/C14H23N3O2/c1-11(2)10-19-8-7-16-9-12-5-3-4-6-13(12)14(15)17-18/h3-6,11,16,18H,7-10H2,1-2H3,(H2,15,17). The summed E-state index contributed by atoms with van der Waals surface area (Å²) >= 11 is 0. The molecular formula is C14H23N3O2. The first-order valence-electron chi connectivity index (χ1n) is 6.49. The van der Waals surface area contributed by atoms with E-state index in [0.29, 0.717) is 19.1 Å². The fraction of sp³-hybridized carbons (Fsp3) is 0.500. The second-order valence-corrected chi connectivity index (χ2v) is 4.79. The van der Waals surface area contributed by atoms with Crippen LogP contribution in [0.3, 0.4) is 0 Å². The Morgan fingerprint density at radius 1 is 1.42 bits per heavy atom. The number of ether oxygens (including phenoxy) is 1. The van der Waals surface area contributed by atoms with Crippen molar-refractivity contribution in [2.24, 2.45) is 16.8 Å². The maximum atomic E-state index is 8.73. The second-order valence-electron chi connectivity index (χ2n) is 4.79. The normalized spacial score (nSPS) is 12.1. The number of oxime groups is 1. The molecule has 0 aliphatic heterocycles. The van der Waals surface area contributed by atoms with E-state index < -0.39 is 0 Å². The van der Waals surface area contributed by atoms with Gasteiger partial charge >= 0.3 is 0 Å².